The van der Waals surface area contributed by atoms with Gasteiger partial charge in [-0.2, -0.15) is 5.10 Å². The van der Waals surface area contributed by atoms with E-state index in [1.165, 1.54) is 23.1 Å². The number of carboxylic acids is 1. The summed E-state index contributed by atoms with van der Waals surface area (Å²) < 4.78 is 29.0. The van der Waals surface area contributed by atoms with Crippen LogP contribution in [0.3, 0.4) is 0 Å². The summed E-state index contributed by atoms with van der Waals surface area (Å²) in [4.78, 5) is 15.5. The van der Waals surface area contributed by atoms with Crippen LogP contribution in [0.1, 0.15) is 14.6 Å². The summed E-state index contributed by atoms with van der Waals surface area (Å²) in [6.07, 6.45) is 1.45. The van der Waals surface area contributed by atoms with Crippen molar-refractivity contribution in [2.24, 2.45) is 7.05 Å². The predicted molar refractivity (Wildman–Crippen MR) is 90.3 cm³/mol. The van der Waals surface area contributed by atoms with E-state index in [1.807, 2.05) is 0 Å². The smallest absolute Gasteiger partial charge is 0.358 e. The van der Waals surface area contributed by atoms with E-state index in [9.17, 15) is 9.90 Å². The van der Waals surface area contributed by atoms with Gasteiger partial charge in [0.15, 0.2) is 22.4 Å². The number of carbonyl (C=O) groups is 1. The maximum absolute atomic E-state index is 11.4. The van der Waals surface area contributed by atoms with E-state index < -0.39 is 18.7 Å². The van der Waals surface area contributed by atoms with Gasteiger partial charge in [-0.3, -0.25) is 4.68 Å². The van der Waals surface area contributed by atoms with E-state index in [0.717, 1.165) is 0 Å². The van der Waals surface area contributed by atoms with Crippen LogP contribution in [0.4, 0.5) is 11.4 Å². The van der Waals surface area contributed by atoms with Gasteiger partial charge in [-0.25, -0.2) is 9.78 Å². The fourth-order valence-electron chi connectivity index (χ4n) is 2.15. The topological polar surface area (TPSA) is 115 Å². The first-order valence-electron chi connectivity index (χ1n) is 8.35. The van der Waals surface area contributed by atoms with Gasteiger partial charge in [0.05, 0.1) is 28.1 Å². The van der Waals surface area contributed by atoms with Crippen LogP contribution in [0.15, 0.2) is 30.6 Å². The third kappa shape index (κ3) is 3.97. The number of para-hydroxylation sites is 1. The molecule has 2 aromatic heterocycles. The van der Waals surface area contributed by atoms with Crippen molar-refractivity contribution in [1.29, 1.82) is 0 Å². The van der Waals surface area contributed by atoms with Crippen molar-refractivity contribution in [1.82, 2.24) is 25.0 Å². The molecule has 0 aliphatic rings. The number of aryl methyl sites for hydroxylation is 1. The van der Waals surface area contributed by atoms with Crippen LogP contribution < -0.4 is 10.1 Å². The molecule has 0 amide bonds. The molecule has 0 fully saturated rings. The molecule has 0 spiro atoms. The molecule has 9 nitrogen and oxygen atoms in total. The van der Waals surface area contributed by atoms with E-state index in [-0.39, 0.29) is 47.6 Å². The number of hydrogen-bond acceptors (Lipinski definition) is 7. The van der Waals surface area contributed by atoms with Gasteiger partial charge in [0.1, 0.15) is 6.33 Å². The number of anilines is 2. The van der Waals surface area contributed by atoms with Gasteiger partial charge in [0, 0.05) is 32.6 Å². The summed E-state index contributed by atoms with van der Waals surface area (Å²) in [6, 6.07) is 5.95. The maximum atomic E-state index is 11.4. The molecule has 0 aliphatic carbocycles. The van der Waals surface area contributed by atoms with Crippen molar-refractivity contribution in [2.45, 2.75) is 0 Å². The van der Waals surface area contributed by atoms with Crippen molar-refractivity contribution in [3.8, 4) is 17.1 Å². The van der Waals surface area contributed by atoms with Crippen molar-refractivity contribution < 1.29 is 38.2 Å². The van der Waals surface area contributed by atoms with Crippen molar-refractivity contribution in [2.75, 3.05) is 12.4 Å². The monoisotopic (exact) mass is 427 g/mol. The molecular formula is C15H13ClN6O3Zn. The summed E-state index contributed by atoms with van der Waals surface area (Å²) in [7, 11) is -1.11. The molecule has 130 valence electrons. The largest absolute Gasteiger partial charge is 0.494 e. The molecule has 0 aliphatic heterocycles. The Bertz CT molecular complexity index is 1050. The minimum absolute atomic E-state index is 0. The van der Waals surface area contributed by atoms with Crippen LogP contribution in [-0.2, 0) is 26.5 Å². The van der Waals surface area contributed by atoms with Gasteiger partial charge in [-0.1, -0.05) is 17.7 Å². The molecular weight excluding hydrogens is 413 g/mol. The van der Waals surface area contributed by atoms with E-state index in [1.54, 1.807) is 19.2 Å². The van der Waals surface area contributed by atoms with Gasteiger partial charge >= 0.3 is 5.97 Å². The van der Waals surface area contributed by atoms with Crippen molar-refractivity contribution in [3.63, 3.8) is 0 Å². The quantitative estimate of drug-likeness (QED) is 0.595. The standard InChI is InChI=1S/C15H13ClN6O3.Zn/c1-22-7-17-14(21-22)8-4-3-5-9(13(8)25-2)18-10-6-11(16)19-20-12(10)15(23)24;/h3-7H,1-2H3,(H,18,19)(H,23,24);/i2D3;. The number of nitrogens with zero attached hydrogens (tertiary/aromatic N) is 5. The number of aromatic nitrogens is 5. The molecule has 3 aromatic rings. The van der Waals surface area contributed by atoms with Crippen LogP contribution in [0, 0.1) is 0 Å². The van der Waals surface area contributed by atoms with Crippen LogP contribution in [0.2, 0.25) is 5.15 Å². The van der Waals surface area contributed by atoms with Crippen LogP contribution >= 0.6 is 11.6 Å². The number of methoxy groups -OCH3 is 1. The Kier molecular flexibility index (Phi) is 4.94. The van der Waals surface area contributed by atoms with Gasteiger partial charge in [0.2, 0.25) is 0 Å². The third-order valence-corrected chi connectivity index (χ3v) is 3.38. The molecule has 2 heterocycles. The Balaban J connectivity index is 0.00000300. The summed E-state index contributed by atoms with van der Waals surface area (Å²) >= 11 is 5.81. The van der Waals surface area contributed by atoms with Crippen LogP contribution in [0.5, 0.6) is 5.75 Å². The Labute approximate surface area is 170 Å². The summed E-state index contributed by atoms with van der Waals surface area (Å²) in [5.74, 6) is -1.19. The fraction of sp³-hybridized carbons (Fsp3) is 0.133. The summed E-state index contributed by atoms with van der Waals surface area (Å²) in [5.41, 5.74) is 0.0685. The minimum Gasteiger partial charge on any atom is -0.494 e. The molecule has 1 aromatic carbocycles. The second-order valence-electron chi connectivity index (χ2n) is 4.89. The van der Waals surface area contributed by atoms with Gasteiger partial charge in [-0.05, 0) is 12.1 Å². The number of hydrogen-bond donors (Lipinski definition) is 2. The molecule has 0 unspecified atom stereocenters. The number of nitrogens with one attached hydrogen (secondary N) is 1. The second-order valence-corrected chi connectivity index (χ2v) is 5.27. The number of carboxylic acid groups (broad SMARTS) is 1. The summed E-state index contributed by atoms with van der Waals surface area (Å²) in [6.45, 7) is 0. The molecule has 3 rings (SSSR count). The predicted octanol–water partition coefficient (Wildman–Crippen LogP) is 2.37. The van der Waals surface area contributed by atoms with Gasteiger partial charge in [-0.15, -0.1) is 10.2 Å². The second kappa shape index (κ2) is 8.20. The molecule has 0 bridgehead atoms. The zero-order chi connectivity index (χ0) is 20.5. The normalized spacial score (nSPS) is 12.3. The van der Waals surface area contributed by atoms with Gasteiger partial charge < -0.3 is 15.2 Å². The molecule has 0 saturated carbocycles. The van der Waals surface area contributed by atoms with Crippen LogP contribution in [0.25, 0.3) is 11.4 Å². The molecule has 2 N–H and O–H groups in total. The van der Waals surface area contributed by atoms with E-state index in [4.69, 9.17) is 20.5 Å². The molecule has 0 saturated heterocycles. The van der Waals surface area contributed by atoms with Crippen molar-refractivity contribution >= 4 is 28.9 Å². The Morgan fingerprint density at radius 2 is 2.19 bits per heavy atom. The Hall–Kier alpha value is -2.58. The molecule has 0 radical (unpaired) electrons. The molecule has 11 heteroatoms. The number of benzene rings is 1. The van der Waals surface area contributed by atoms with Crippen LogP contribution in [-0.4, -0.2) is 43.1 Å². The third-order valence-electron chi connectivity index (χ3n) is 3.19. The molecule has 0 atom stereocenters. The minimum atomic E-state index is -2.77. The Morgan fingerprint density at radius 1 is 1.38 bits per heavy atom. The average molecular weight is 429 g/mol. The van der Waals surface area contributed by atoms with Crippen molar-refractivity contribution in [3.05, 3.63) is 41.4 Å². The number of rotatable bonds is 5. The SMILES string of the molecule is [2H]C([2H])([2H])Oc1c(Nc2cc(Cl)nnc2C(=O)O)cccc1-c1ncn(C)n1.[Zn]. The zero-order valence-electron chi connectivity index (χ0n) is 16.5. The van der Waals surface area contributed by atoms with E-state index >= 15 is 0 Å². The number of aromatic carboxylic acids is 1. The zero-order valence-corrected chi connectivity index (χ0v) is 17.2. The van der Waals surface area contributed by atoms with E-state index in [0.29, 0.717) is 5.56 Å². The molecule has 26 heavy (non-hydrogen) atoms. The fourth-order valence-corrected chi connectivity index (χ4v) is 2.30. The average Bonchev–Trinajstić information content (AvgIpc) is 3.01. The first-order chi connectivity index (χ1) is 13.1. The first kappa shape index (κ1) is 15.7. The maximum Gasteiger partial charge on any atom is 0.358 e. The number of halogens is 1. The number of ether oxygens (including phenoxy) is 1. The summed E-state index contributed by atoms with van der Waals surface area (Å²) in [5, 5.41) is 23.2. The van der Waals surface area contributed by atoms with E-state index in [2.05, 4.69) is 25.6 Å². The first-order valence-corrected chi connectivity index (χ1v) is 7.23. The van der Waals surface area contributed by atoms with Gasteiger partial charge in [0.25, 0.3) is 0 Å². The Morgan fingerprint density at radius 3 is 2.85 bits per heavy atom.